The smallest absolute Gasteiger partial charge is 0.417 e. The standard InChI is InChI=1S/C8H10F3N3O2/c1-4(2)12-5(15)3-6-13-14-7(16-6)8(9,10)11/h4H,3H2,1-2H3,(H,12,15). The maximum Gasteiger partial charge on any atom is 0.470 e. The van der Waals surface area contributed by atoms with Crippen molar-refractivity contribution in [3.05, 3.63) is 11.8 Å². The number of hydrogen-bond donors (Lipinski definition) is 1. The molecule has 1 heterocycles. The summed E-state index contributed by atoms with van der Waals surface area (Å²) in [6.45, 7) is 3.46. The van der Waals surface area contributed by atoms with E-state index in [1.54, 1.807) is 13.8 Å². The number of aromatic nitrogens is 2. The van der Waals surface area contributed by atoms with Crippen molar-refractivity contribution in [2.24, 2.45) is 0 Å². The predicted octanol–water partition coefficient (Wildman–Crippen LogP) is 1.16. The van der Waals surface area contributed by atoms with Gasteiger partial charge in [-0.25, -0.2) is 0 Å². The molecule has 1 rings (SSSR count). The molecule has 0 saturated heterocycles. The summed E-state index contributed by atoms with van der Waals surface area (Å²) in [5, 5.41) is 8.42. The third kappa shape index (κ3) is 3.52. The second-order valence-corrected chi connectivity index (χ2v) is 3.40. The molecule has 0 aliphatic carbocycles. The number of hydrogen-bond acceptors (Lipinski definition) is 4. The van der Waals surface area contributed by atoms with Crippen LogP contribution in [0.15, 0.2) is 4.42 Å². The highest BCUT2D eigenvalue weighted by molar-refractivity contribution is 5.77. The number of halogens is 3. The van der Waals surface area contributed by atoms with Crippen LogP contribution in [0.5, 0.6) is 0 Å². The van der Waals surface area contributed by atoms with Gasteiger partial charge in [0.05, 0.1) is 0 Å². The maximum atomic E-state index is 12.1. The van der Waals surface area contributed by atoms with Crippen molar-refractivity contribution in [2.45, 2.75) is 32.5 Å². The summed E-state index contributed by atoms with van der Waals surface area (Å²) in [4.78, 5) is 11.2. The number of alkyl halides is 3. The molecule has 16 heavy (non-hydrogen) atoms. The third-order valence-electron chi connectivity index (χ3n) is 1.47. The fourth-order valence-corrected chi connectivity index (χ4v) is 0.950. The van der Waals surface area contributed by atoms with Crippen LogP contribution in [0, 0.1) is 0 Å². The molecule has 8 heteroatoms. The zero-order chi connectivity index (χ0) is 12.3. The largest absolute Gasteiger partial charge is 0.470 e. The molecule has 90 valence electrons. The van der Waals surface area contributed by atoms with E-state index in [-0.39, 0.29) is 18.4 Å². The Labute approximate surface area is 89.0 Å². The fourth-order valence-electron chi connectivity index (χ4n) is 0.950. The van der Waals surface area contributed by atoms with Gasteiger partial charge in [0.2, 0.25) is 11.8 Å². The van der Waals surface area contributed by atoms with Crippen LogP contribution in [-0.4, -0.2) is 22.1 Å². The lowest BCUT2D eigenvalue weighted by Gasteiger charge is -2.05. The number of nitrogens with zero attached hydrogens (tertiary/aromatic N) is 2. The maximum absolute atomic E-state index is 12.1. The Morgan fingerprint density at radius 2 is 2.06 bits per heavy atom. The molecule has 1 N–H and O–H groups in total. The van der Waals surface area contributed by atoms with Crippen LogP contribution in [-0.2, 0) is 17.4 Å². The molecular formula is C8H10F3N3O2. The SMILES string of the molecule is CC(C)NC(=O)Cc1nnc(C(F)(F)F)o1. The van der Waals surface area contributed by atoms with E-state index >= 15 is 0 Å². The summed E-state index contributed by atoms with van der Waals surface area (Å²) in [7, 11) is 0. The Morgan fingerprint density at radius 1 is 1.44 bits per heavy atom. The first-order chi connectivity index (χ1) is 7.29. The first-order valence-corrected chi connectivity index (χ1v) is 4.48. The van der Waals surface area contributed by atoms with Crippen LogP contribution in [0.1, 0.15) is 25.6 Å². The van der Waals surface area contributed by atoms with Crippen molar-refractivity contribution in [3.63, 3.8) is 0 Å². The topological polar surface area (TPSA) is 68.0 Å². The van der Waals surface area contributed by atoms with Gasteiger partial charge in [-0.3, -0.25) is 4.79 Å². The Hall–Kier alpha value is -1.60. The summed E-state index contributed by atoms with van der Waals surface area (Å²) in [5.41, 5.74) is 0. The average Bonchev–Trinajstić information content (AvgIpc) is 2.49. The number of carbonyl (C=O) groups excluding carboxylic acids is 1. The van der Waals surface area contributed by atoms with Crippen molar-refractivity contribution >= 4 is 5.91 Å². The minimum absolute atomic E-state index is 0.0995. The van der Waals surface area contributed by atoms with E-state index in [4.69, 9.17) is 0 Å². The quantitative estimate of drug-likeness (QED) is 0.856. The van der Waals surface area contributed by atoms with Crippen LogP contribution in [0.2, 0.25) is 0 Å². The number of rotatable bonds is 3. The molecule has 0 saturated carbocycles. The van der Waals surface area contributed by atoms with Gasteiger partial charge in [0, 0.05) is 6.04 Å². The zero-order valence-electron chi connectivity index (χ0n) is 8.63. The molecule has 0 aromatic carbocycles. The van der Waals surface area contributed by atoms with Gasteiger partial charge in [-0.2, -0.15) is 13.2 Å². The Bertz CT molecular complexity index is 373. The van der Waals surface area contributed by atoms with Gasteiger partial charge >= 0.3 is 12.1 Å². The third-order valence-corrected chi connectivity index (χ3v) is 1.47. The van der Waals surface area contributed by atoms with Gasteiger partial charge in [0.15, 0.2) is 0 Å². The lowest BCUT2D eigenvalue weighted by Crippen LogP contribution is -2.31. The van der Waals surface area contributed by atoms with E-state index in [0.29, 0.717) is 0 Å². The summed E-state index contributed by atoms with van der Waals surface area (Å²) in [6.07, 6.45) is -5.04. The van der Waals surface area contributed by atoms with E-state index in [1.165, 1.54) is 0 Å². The molecule has 5 nitrogen and oxygen atoms in total. The van der Waals surface area contributed by atoms with E-state index in [9.17, 15) is 18.0 Å². The molecular weight excluding hydrogens is 227 g/mol. The van der Waals surface area contributed by atoms with E-state index in [1.807, 2.05) is 0 Å². The summed E-state index contributed by atoms with van der Waals surface area (Å²) in [5.74, 6) is -2.27. The van der Waals surface area contributed by atoms with Gasteiger partial charge in [-0.15, -0.1) is 10.2 Å². The first kappa shape index (κ1) is 12.5. The summed E-state index contributed by atoms with van der Waals surface area (Å²) >= 11 is 0. The average molecular weight is 237 g/mol. The minimum atomic E-state index is -4.68. The molecule has 0 radical (unpaired) electrons. The van der Waals surface area contributed by atoms with Gasteiger partial charge in [-0.1, -0.05) is 0 Å². The highest BCUT2D eigenvalue weighted by atomic mass is 19.4. The van der Waals surface area contributed by atoms with Gasteiger partial charge < -0.3 is 9.73 Å². The van der Waals surface area contributed by atoms with Gasteiger partial charge in [0.1, 0.15) is 6.42 Å². The van der Waals surface area contributed by atoms with E-state index in [0.717, 1.165) is 0 Å². The zero-order valence-corrected chi connectivity index (χ0v) is 8.63. The molecule has 0 spiro atoms. The molecule has 0 aliphatic heterocycles. The second-order valence-electron chi connectivity index (χ2n) is 3.40. The second kappa shape index (κ2) is 4.50. The molecule has 0 atom stereocenters. The number of amides is 1. The molecule has 0 fully saturated rings. The molecule has 0 aliphatic rings. The highest BCUT2D eigenvalue weighted by Gasteiger charge is 2.38. The van der Waals surface area contributed by atoms with Crippen LogP contribution < -0.4 is 5.32 Å². The lowest BCUT2D eigenvalue weighted by atomic mass is 10.3. The summed E-state index contributed by atoms with van der Waals surface area (Å²) in [6, 6.07) is -0.0995. The Morgan fingerprint density at radius 3 is 2.50 bits per heavy atom. The first-order valence-electron chi connectivity index (χ1n) is 4.48. The lowest BCUT2D eigenvalue weighted by molar-refractivity contribution is -0.157. The van der Waals surface area contributed by atoms with Crippen LogP contribution in [0.3, 0.4) is 0 Å². The van der Waals surface area contributed by atoms with Crippen molar-refractivity contribution in [2.75, 3.05) is 0 Å². The number of carbonyl (C=O) groups is 1. The molecule has 0 unspecified atom stereocenters. The van der Waals surface area contributed by atoms with Crippen molar-refractivity contribution in [1.29, 1.82) is 0 Å². The van der Waals surface area contributed by atoms with Crippen LogP contribution in [0.25, 0.3) is 0 Å². The predicted molar refractivity (Wildman–Crippen MR) is 46.3 cm³/mol. The normalized spacial score (nSPS) is 11.9. The van der Waals surface area contributed by atoms with E-state index < -0.39 is 18.0 Å². The molecule has 0 bridgehead atoms. The van der Waals surface area contributed by atoms with Crippen LogP contribution in [0.4, 0.5) is 13.2 Å². The van der Waals surface area contributed by atoms with E-state index in [2.05, 4.69) is 19.9 Å². The van der Waals surface area contributed by atoms with Crippen LogP contribution >= 0.6 is 0 Å². The van der Waals surface area contributed by atoms with Crippen molar-refractivity contribution in [1.82, 2.24) is 15.5 Å². The molecule has 1 amide bonds. The molecule has 1 aromatic rings. The van der Waals surface area contributed by atoms with Gasteiger partial charge in [-0.05, 0) is 13.8 Å². The minimum Gasteiger partial charge on any atom is -0.417 e. The van der Waals surface area contributed by atoms with Crippen molar-refractivity contribution in [3.8, 4) is 0 Å². The monoisotopic (exact) mass is 237 g/mol. The molecule has 1 aromatic heterocycles. The Kier molecular flexibility index (Phi) is 3.51. The summed E-state index contributed by atoms with van der Waals surface area (Å²) < 4.78 is 40.4. The highest BCUT2D eigenvalue weighted by Crippen LogP contribution is 2.27. The fraction of sp³-hybridized carbons (Fsp3) is 0.625. The van der Waals surface area contributed by atoms with Gasteiger partial charge in [0.25, 0.3) is 0 Å². The van der Waals surface area contributed by atoms with Crippen molar-refractivity contribution < 1.29 is 22.4 Å². The Balaban J connectivity index is 2.62. The number of nitrogens with one attached hydrogen (secondary N) is 1.